The number of pyridine rings is 1. The van der Waals surface area contributed by atoms with Crippen molar-refractivity contribution in [3.8, 4) is 0 Å². The summed E-state index contributed by atoms with van der Waals surface area (Å²) in [6.07, 6.45) is 2.62. The van der Waals surface area contributed by atoms with Crippen LogP contribution in [0.3, 0.4) is 0 Å². The van der Waals surface area contributed by atoms with Crippen LogP contribution in [-0.2, 0) is 6.42 Å². The predicted molar refractivity (Wildman–Crippen MR) is 72.6 cm³/mol. The Balaban J connectivity index is 2.27. The molecule has 0 amide bonds. The van der Waals surface area contributed by atoms with Gasteiger partial charge in [0.15, 0.2) is 0 Å². The van der Waals surface area contributed by atoms with Crippen LogP contribution in [0.2, 0.25) is 5.02 Å². The molecule has 1 aromatic carbocycles. The minimum atomic E-state index is 0.627. The molecule has 0 saturated heterocycles. The first-order valence-electron chi connectivity index (χ1n) is 5.37. The molecule has 0 aliphatic heterocycles. The van der Waals surface area contributed by atoms with Crippen LogP contribution in [0.4, 0.5) is 0 Å². The van der Waals surface area contributed by atoms with Gasteiger partial charge >= 0.3 is 0 Å². The van der Waals surface area contributed by atoms with E-state index in [2.05, 4.69) is 11.1 Å². The van der Waals surface area contributed by atoms with Gasteiger partial charge in [0, 0.05) is 11.1 Å². The zero-order valence-corrected chi connectivity index (χ0v) is 10.8. The van der Waals surface area contributed by atoms with Crippen LogP contribution in [0.25, 0.3) is 0 Å². The molecule has 17 heavy (non-hydrogen) atoms. The SMILES string of the molecule is NCCc1cccnc1Sc1ccccc1Cl. The van der Waals surface area contributed by atoms with Gasteiger partial charge < -0.3 is 5.73 Å². The molecule has 0 unspecified atom stereocenters. The number of halogens is 1. The molecule has 0 fully saturated rings. The smallest absolute Gasteiger partial charge is 0.104 e. The Morgan fingerprint density at radius 2 is 2.00 bits per heavy atom. The van der Waals surface area contributed by atoms with Gasteiger partial charge in [0.2, 0.25) is 0 Å². The van der Waals surface area contributed by atoms with Crippen molar-refractivity contribution in [2.75, 3.05) is 6.54 Å². The van der Waals surface area contributed by atoms with Crippen molar-refractivity contribution in [3.63, 3.8) is 0 Å². The third kappa shape index (κ3) is 3.22. The third-order valence-corrected chi connectivity index (χ3v) is 3.89. The van der Waals surface area contributed by atoms with Crippen molar-refractivity contribution in [1.82, 2.24) is 4.98 Å². The maximum Gasteiger partial charge on any atom is 0.104 e. The van der Waals surface area contributed by atoms with Gasteiger partial charge in [-0.1, -0.05) is 41.6 Å². The van der Waals surface area contributed by atoms with E-state index in [0.717, 1.165) is 21.4 Å². The van der Waals surface area contributed by atoms with E-state index in [1.807, 2.05) is 30.3 Å². The van der Waals surface area contributed by atoms with Gasteiger partial charge in [-0.3, -0.25) is 0 Å². The molecule has 4 heteroatoms. The average molecular weight is 265 g/mol. The molecule has 2 aromatic rings. The fourth-order valence-corrected chi connectivity index (χ4v) is 2.68. The number of nitrogens with zero attached hydrogens (tertiary/aromatic N) is 1. The normalized spacial score (nSPS) is 10.5. The molecule has 0 saturated carbocycles. The van der Waals surface area contributed by atoms with E-state index in [1.54, 1.807) is 18.0 Å². The van der Waals surface area contributed by atoms with Crippen molar-refractivity contribution in [2.24, 2.45) is 5.73 Å². The Kier molecular flexibility index (Phi) is 4.42. The van der Waals surface area contributed by atoms with Gasteiger partial charge in [0.1, 0.15) is 5.03 Å². The van der Waals surface area contributed by atoms with Crippen molar-refractivity contribution < 1.29 is 0 Å². The summed E-state index contributed by atoms with van der Waals surface area (Å²) in [6, 6.07) is 11.8. The Morgan fingerprint density at radius 1 is 1.18 bits per heavy atom. The lowest BCUT2D eigenvalue weighted by Crippen LogP contribution is -2.04. The van der Waals surface area contributed by atoms with Crippen molar-refractivity contribution >= 4 is 23.4 Å². The molecular formula is C13H13ClN2S. The lowest BCUT2D eigenvalue weighted by Gasteiger charge is -2.07. The first-order valence-corrected chi connectivity index (χ1v) is 6.57. The highest BCUT2D eigenvalue weighted by Crippen LogP contribution is 2.33. The molecule has 0 bridgehead atoms. The Hall–Kier alpha value is -1.03. The lowest BCUT2D eigenvalue weighted by molar-refractivity contribution is 0.911. The Morgan fingerprint density at radius 3 is 2.76 bits per heavy atom. The van der Waals surface area contributed by atoms with E-state index in [9.17, 15) is 0 Å². The first kappa shape index (κ1) is 12.4. The van der Waals surface area contributed by atoms with E-state index < -0.39 is 0 Å². The quantitative estimate of drug-likeness (QED) is 0.920. The second-order valence-electron chi connectivity index (χ2n) is 3.54. The van der Waals surface area contributed by atoms with E-state index >= 15 is 0 Å². The second-order valence-corrected chi connectivity index (χ2v) is 4.98. The molecule has 0 atom stereocenters. The summed E-state index contributed by atoms with van der Waals surface area (Å²) in [5, 5.41) is 1.73. The summed E-state index contributed by atoms with van der Waals surface area (Å²) in [6.45, 7) is 0.627. The van der Waals surface area contributed by atoms with E-state index in [0.29, 0.717) is 6.54 Å². The minimum Gasteiger partial charge on any atom is -0.330 e. The molecule has 0 spiro atoms. The van der Waals surface area contributed by atoms with Crippen LogP contribution in [-0.4, -0.2) is 11.5 Å². The largest absolute Gasteiger partial charge is 0.330 e. The van der Waals surface area contributed by atoms with E-state index in [4.69, 9.17) is 17.3 Å². The molecule has 0 aliphatic rings. The number of hydrogen-bond donors (Lipinski definition) is 1. The highest BCUT2D eigenvalue weighted by molar-refractivity contribution is 7.99. The van der Waals surface area contributed by atoms with Gasteiger partial charge in [-0.05, 0) is 36.7 Å². The molecule has 0 aliphatic carbocycles. The first-order chi connectivity index (χ1) is 8.31. The second kappa shape index (κ2) is 6.05. The standard InChI is InChI=1S/C13H13ClN2S/c14-11-5-1-2-6-12(11)17-13-10(7-8-15)4-3-9-16-13/h1-6,9H,7-8,15H2. The van der Waals surface area contributed by atoms with E-state index in [-0.39, 0.29) is 0 Å². The topological polar surface area (TPSA) is 38.9 Å². The van der Waals surface area contributed by atoms with Crippen LogP contribution in [0.15, 0.2) is 52.5 Å². The number of nitrogens with two attached hydrogens (primary N) is 1. The molecule has 2 N–H and O–H groups in total. The van der Waals surface area contributed by atoms with Crippen molar-refractivity contribution in [2.45, 2.75) is 16.3 Å². The van der Waals surface area contributed by atoms with Crippen LogP contribution in [0.1, 0.15) is 5.56 Å². The highest BCUT2D eigenvalue weighted by atomic mass is 35.5. The van der Waals surface area contributed by atoms with E-state index in [1.165, 1.54) is 5.56 Å². The monoisotopic (exact) mass is 264 g/mol. The number of benzene rings is 1. The Labute approximate surface area is 110 Å². The average Bonchev–Trinajstić information content (AvgIpc) is 2.35. The van der Waals surface area contributed by atoms with Crippen molar-refractivity contribution in [1.29, 1.82) is 0 Å². The highest BCUT2D eigenvalue weighted by Gasteiger charge is 2.07. The van der Waals surface area contributed by atoms with Crippen LogP contribution in [0, 0.1) is 0 Å². The molecular weight excluding hydrogens is 252 g/mol. The summed E-state index contributed by atoms with van der Waals surface area (Å²) < 4.78 is 0. The molecule has 88 valence electrons. The van der Waals surface area contributed by atoms with Gasteiger partial charge in [-0.15, -0.1) is 0 Å². The van der Waals surface area contributed by atoms with Gasteiger partial charge in [0.25, 0.3) is 0 Å². The summed E-state index contributed by atoms with van der Waals surface area (Å²) >= 11 is 7.71. The molecule has 2 rings (SSSR count). The fraction of sp³-hybridized carbons (Fsp3) is 0.154. The fourth-order valence-electron chi connectivity index (χ4n) is 1.49. The van der Waals surface area contributed by atoms with Gasteiger partial charge in [0.05, 0.1) is 5.02 Å². The summed E-state index contributed by atoms with van der Waals surface area (Å²) in [5.41, 5.74) is 6.76. The van der Waals surface area contributed by atoms with Crippen LogP contribution < -0.4 is 5.73 Å². The maximum atomic E-state index is 6.13. The van der Waals surface area contributed by atoms with Crippen LogP contribution in [0.5, 0.6) is 0 Å². The summed E-state index contributed by atoms with van der Waals surface area (Å²) in [5.74, 6) is 0. The third-order valence-electron chi connectivity index (χ3n) is 2.31. The molecule has 1 aromatic heterocycles. The summed E-state index contributed by atoms with van der Waals surface area (Å²) in [4.78, 5) is 5.40. The lowest BCUT2D eigenvalue weighted by atomic mass is 10.2. The number of aromatic nitrogens is 1. The predicted octanol–water partition coefficient (Wildman–Crippen LogP) is 3.39. The minimum absolute atomic E-state index is 0.627. The number of rotatable bonds is 4. The molecule has 1 heterocycles. The maximum absolute atomic E-state index is 6.13. The molecule has 2 nitrogen and oxygen atoms in total. The van der Waals surface area contributed by atoms with Crippen molar-refractivity contribution in [3.05, 3.63) is 53.2 Å². The number of hydrogen-bond acceptors (Lipinski definition) is 3. The zero-order chi connectivity index (χ0) is 12.1. The Bertz CT molecular complexity index is 502. The van der Waals surface area contributed by atoms with Crippen LogP contribution >= 0.6 is 23.4 Å². The molecule has 0 radical (unpaired) electrons. The van der Waals surface area contributed by atoms with Gasteiger partial charge in [-0.25, -0.2) is 4.98 Å². The zero-order valence-electron chi connectivity index (χ0n) is 9.27. The summed E-state index contributed by atoms with van der Waals surface area (Å²) in [7, 11) is 0. The van der Waals surface area contributed by atoms with Gasteiger partial charge in [-0.2, -0.15) is 0 Å².